The highest BCUT2D eigenvalue weighted by molar-refractivity contribution is 6.31. The zero-order valence-electron chi connectivity index (χ0n) is 13.0. The number of pyridine rings is 1. The van der Waals surface area contributed by atoms with E-state index in [9.17, 15) is 0 Å². The lowest BCUT2D eigenvalue weighted by atomic mass is 10.1. The third-order valence-electron chi connectivity index (χ3n) is 3.05. The maximum Gasteiger partial charge on any atom is 0.129 e. The molecule has 0 saturated heterocycles. The van der Waals surface area contributed by atoms with E-state index in [1.807, 2.05) is 36.2 Å². The summed E-state index contributed by atoms with van der Waals surface area (Å²) < 4.78 is 5.36. The fourth-order valence-electron chi connectivity index (χ4n) is 1.88. The highest BCUT2D eigenvalue weighted by Gasteiger charge is 2.13. The van der Waals surface area contributed by atoms with E-state index in [0.717, 1.165) is 17.3 Å². The standard InChI is InChI=1S/C16H22ClN3O/c1-16(2,3)18-10-14-13(17)7-8-15(19-14)20(4)11-12-6-5-9-21-12/h5-9,18H,10-11H2,1-4H3. The minimum atomic E-state index is 0.0289. The second kappa shape index (κ2) is 6.50. The van der Waals surface area contributed by atoms with Crippen LogP contribution in [-0.2, 0) is 13.1 Å². The molecule has 2 aromatic rings. The van der Waals surface area contributed by atoms with Crippen LogP contribution in [0.5, 0.6) is 0 Å². The monoisotopic (exact) mass is 307 g/mol. The van der Waals surface area contributed by atoms with Crippen LogP contribution >= 0.6 is 11.6 Å². The van der Waals surface area contributed by atoms with Crippen LogP contribution in [0.1, 0.15) is 32.2 Å². The van der Waals surface area contributed by atoms with Crippen molar-refractivity contribution in [2.24, 2.45) is 0 Å². The number of furan rings is 1. The van der Waals surface area contributed by atoms with E-state index in [0.29, 0.717) is 18.1 Å². The van der Waals surface area contributed by atoms with Gasteiger partial charge in [-0.1, -0.05) is 11.6 Å². The molecular formula is C16H22ClN3O. The Labute approximate surface area is 131 Å². The number of halogens is 1. The van der Waals surface area contributed by atoms with Gasteiger partial charge in [0.1, 0.15) is 11.6 Å². The number of nitrogens with one attached hydrogen (secondary N) is 1. The molecule has 1 N–H and O–H groups in total. The van der Waals surface area contributed by atoms with Crippen molar-refractivity contribution in [2.75, 3.05) is 11.9 Å². The molecule has 5 heteroatoms. The summed E-state index contributed by atoms with van der Waals surface area (Å²) in [4.78, 5) is 6.68. The Morgan fingerprint density at radius 2 is 2.05 bits per heavy atom. The number of nitrogens with zero attached hydrogens (tertiary/aromatic N) is 2. The third kappa shape index (κ3) is 4.76. The lowest BCUT2D eigenvalue weighted by Crippen LogP contribution is -2.35. The molecule has 0 aromatic carbocycles. The summed E-state index contributed by atoms with van der Waals surface area (Å²) in [6.07, 6.45) is 1.68. The van der Waals surface area contributed by atoms with E-state index < -0.39 is 0 Å². The molecular weight excluding hydrogens is 286 g/mol. The molecule has 4 nitrogen and oxygen atoms in total. The van der Waals surface area contributed by atoms with Gasteiger partial charge in [0.05, 0.1) is 23.5 Å². The fourth-order valence-corrected chi connectivity index (χ4v) is 2.05. The summed E-state index contributed by atoms with van der Waals surface area (Å²) in [5.74, 6) is 1.78. The number of hydrogen-bond acceptors (Lipinski definition) is 4. The van der Waals surface area contributed by atoms with Gasteiger partial charge in [-0.15, -0.1) is 0 Å². The van der Waals surface area contributed by atoms with Crippen LogP contribution in [0.4, 0.5) is 5.82 Å². The predicted octanol–water partition coefficient (Wildman–Crippen LogP) is 3.85. The van der Waals surface area contributed by atoms with Crippen LogP contribution in [-0.4, -0.2) is 17.6 Å². The Hall–Kier alpha value is -1.52. The lowest BCUT2D eigenvalue weighted by molar-refractivity contribution is 0.421. The Kier molecular flexibility index (Phi) is 4.91. The second-order valence-corrected chi connectivity index (χ2v) is 6.54. The molecule has 0 aliphatic heterocycles. The number of aromatic nitrogens is 1. The first-order valence-electron chi connectivity index (χ1n) is 6.99. The summed E-state index contributed by atoms with van der Waals surface area (Å²) in [6.45, 7) is 7.67. The quantitative estimate of drug-likeness (QED) is 0.911. The highest BCUT2D eigenvalue weighted by Crippen LogP contribution is 2.20. The molecule has 21 heavy (non-hydrogen) atoms. The smallest absolute Gasteiger partial charge is 0.129 e. The fraction of sp³-hybridized carbons (Fsp3) is 0.438. The topological polar surface area (TPSA) is 41.3 Å². The van der Waals surface area contributed by atoms with Crippen molar-refractivity contribution in [3.05, 3.63) is 47.0 Å². The van der Waals surface area contributed by atoms with E-state index in [4.69, 9.17) is 16.0 Å². The molecule has 0 aliphatic rings. The summed E-state index contributed by atoms with van der Waals surface area (Å²) in [5.41, 5.74) is 0.886. The second-order valence-electron chi connectivity index (χ2n) is 6.14. The Morgan fingerprint density at radius 1 is 1.29 bits per heavy atom. The van der Waals surface area contributed by atoms with Crippen molar-refractivity contribution in [1.29, 1.82) is 0 Å². The van der Waals surface area contributed by atoms with Gasteiger partial charge in [0.2, 0.25) is 0 Å². The van der Waals surface area contributed by atoms with E-state index in [2.05, 4.69) is 31.1 Å². The highest BCUT2D eigenvalue weighted by atomic mass is 35.5. The molecule has 0 saturated carbocycles. The average Bonchev–Trinajstić information content (AvgIpc) is 2.89. The van der Waals surface area contributed by atoms with Crippen LogP contribution < -0.4 is 10.2 Å². The molecule has 0 aliphatic carbocycles. The molecule has 0 radical (unpaired) electrons. The van der Waals surface area contributed by atoms with E-state index in [1.165, 1.54) is 0 Å². The number of rotatable bonds is 5. The summed E-state index contributed by atoms with van der Waals surface area (Å²) in [5, 5.41) is 4.09. The lowest BCUT2D eigenvalue weighted by Gasteiger charge is -2.22. The molecule has 0 amide bonds. The van der Waals surface area contributed by atoms with Crippen LogP contribution in [0.15, 0.2) is 34.9 Å². The van der Waals surface area contributed by atoms with Gasteiger partial charge in [-0.3, -0.25) is 0 Å². The summed E-state index contributed by atoms with van der Waals surface area (Å²) in [6, 6.07) is 7.65. The molecule has 2 rings (SSSR count). The van der Waals surface area contributed by atoms with Gasteiger partial charge in [0.25, 0.3) is 0 Å². The first-order valence-corrected chi connectivity index (χ1v) is 7.37. The van der Waals surface area contributed by atoms with Crippen molar-refractivity contribution in [3.8, 4) is 0 Å². The minimum Gasteiger partial charge on any atom is -0.467 e. The molecule has 0 atom stereocenters. The first kappa shape index (κ1) is 15.9. The molecule has 2 heterocycles. The summed E-state index contributed by atoms with van der Waals surface area (Å²) >= 11 is 6.23. The third-order valence-corrected chi connectivity index (χ3v) is 3.40. The van der Waals surface area contributed by atoms with Gasteiger partial charge in [-0.2, -0.15) is 0 Å². The largest absolute Gasteiger partial charge is 0.467 e. The SMILES string of the molecule is CN(Cc1ccco1)c1ccc(Cl)c(CNC(C)(C)C)n1. The molecule has 0 spiro atoms. The Bertz CT molecular complexity index is 576. The van der Waals surface area contributed by atoms with Gasteiger partial charge in [0, 0.05) is 19.1 Å². The normalized spacial score (nSPS) is 11.7. The van der Waals surface area contributed by atoms with Gasteiger partial charge in [0.15, 0.2) is 0 Å². The molecule has 114 valence electrons. The summed E-state index contributed by atoms with van der Waals surface area (Å²) in [7, 11) is 1.99. The van der Waals surface area contributed by atoms with Crippen molar-refractivity contribution in [1.82, 2.24) is 10.3 Å². The van der Waals surface area contributed by atoms with Gasteiger partial charge >= 0.3 is 0 Å². The van der Waals surface area contributed by atoms with Crippen LogP contribution in [0.2, 0.25) is 5.02 Å². The minimum absolute atomic E-state index is 0.0289. The van der Waals surface area contributed by atoms with Crippen molar-refractivity contribution in [2.45, 2.75) is 39.4 Å². The predicted molar refractivity (Wildman–Crippen MR) is 86.7 cm³/mol. The number of anilines is 1. The van der Waals surface area contributed by atoms with E-state index >= 15 is 0 Å². The maximum atomic E-state index is 6.23. The van der Waals surface area contributed by atoms with Crippen molar-refractivity contribution >= 4 is 17.4 Å². The van der Waals surface area contributed by atoms with Gasteiger partial charge in [-0.05, 0) is 45.0 Å². The Morgan fingerprint density at radius 3 is 2.67 bits per heavy atom. The van der Waals surface area contributed by atoms with Crippen LogP contribution in [0.3, 0.4) is 0 Å². The molecule has 0 bridgehead atoms. The molecule has 2 aromatic heterocycles. The first-order chi connectivity index (χ1) is 9.85. The van der Waals surface area contributed by atoms with Crippen molar-refractivity contribution in [3.63, 3.8) is 0 Å². The molecule has 0 unspecified atom stereocenters. The van der Waals surface area contributed by atoms with Crippen molar-refractivity contribution < 1.29 is 4.42 Å². The number of hydrogen-bond donors (Lipinski definition) is 1. The zero-order valence-corrected chi connectivity index (χ0v) is 13.7. The van der Waals surface area contributed by atoms with Gasteiger partial charge in [-0.25, -0.2) is 4.98 Å². The molecule has 0 fully saturated rings. The maximum absolute atomic E-state index is 6.23. The van der Waals surface area contributed by atoms with E-state index in [1.54, 1.807) is 6.26 Å². The zero-order chi connectivity index (χ0) is 15.5. The Balaban J connectivity index is 2.10. The van der Waals surface area contributed by atoms with E-state index in [-0.39, 0.29) is 5.54 Å². The van der Waals surface area contributed by atoms with Crippen LogP contribution in [0, 0.1) is 0 Å². The average molecular weight is 308 g/mol. The van der Waals surface area contributed by atoms with Crippen LogP contribution in [0.25, 0.3) is 0 Å². The van der Waals surface area contributed by atoms with Gasteiger partial charge < -0.3 is 14.6 Å².